The van der Waals surface area contributed by atoms with Crippen LogP contribution in [0.15, 0.2) is 42.9 Å². The largest absolute Gasteiger partial charge is 0.244 e. The van der Waals surface area contributed by atoms with Gasteiger partial charge in [-0.3, -0.25) is 0 Å². The molecule has 0 saturated carbocycles. The van der Waals surface area contributed by atoms with E-state index in [2.05, 4.69) is 15.1 Å². The van der Waals surface area contributed by atoms with Gasteiger partial charge in [0, 0.05) is 24.0 Å². The molecule has 3 heterocycles. The molecule has 0 aliphatic rings. The molecule has 0 aliphatic carbocycles. The number of nitrogens with zero attached hydrogens (tertiary/aromatic N) is 4. The monoisotopic (exact) mass is 230 g/mol. The Morgan fingerprint density at radius 3 is 2.75 bits per heavy atom. The minimum Gasteiger partial charge on any atom is -0.244 e. The quantitative estimate of drug-likeness (QED) is 0.603. The predicted octanol–water partition coefficient (Wildman–Crippen LogP) is 2.44. The van der Waals surface area contributed by atoms with Crippen molar-refractivity contribution in [2.24, 2.45) is 0 Å². The Bertz CT molecular complexity index is 630. The molecule has 0 amide bonds. The average molecular weight is 231 g/mol. The van der Waals surface area contributed by atoms with Crippen LogP contribution in [0.2, 0.25) is 5.15 Å². The molecule has 0 bridgehead atoms. The van der Waals surface area contributed by atoms with Gasteiger partial charge in [-0.1, -0.05) is 11.6 Å². The maximum Gasteiger partial charge on any atom is 0.155 e. The van der Waals surface area contributed by atoms with Gasteiger partial charge in [0.15, 0.2) is 5.65 Å². The lowest BCUT2D eigenvalue weighted by Gasteiger charge is -2.03. The van der Waals surface area contributed by atoms with Crippen LogP contribution in [0, 0.1) is 0 Å². The topological polar surface area (TPSA) is 43.1 Å². The maximum absolute atomic E-state index is 5.75. The molecule has 3 aromatic heterocycles. The first-order valence-corrected chi connectivity index (χ1v) is 5.13. The Hall–Kier alpha value is -1.94. The summed E-state index contributed by atoms with van der Waals surface area (Å²) in [4.78, 5) is 8.25. The summed E-state index contributed by atoms with van der Waals surface area (Å²) < 4.78 is 1.77. The van der Waals surface area contributed by atoms with Crippen molar-refractivity contribution in [3.05, 3.63) is 48.0 Å². The van der Waals surface area contributed by atoms with E-state index >= 15 is 0 Å². The van der Waals surface area contributed by atoms with Crippen LogP contribution < -0.4 is 0 Å². The predicted molar refractivity (Wildman–Crippen MR) is 61.2 cm³/mol. The second-order valence-corrected chi connectivity index (χ2v) is 3.69. The van der Waals surface area contributed by atoms with Crippen molar-refractivity contribution in [1.82, 2.24) is 19.6 Å². The van der Waals surface area contributed by atoms with Gasteiger partial charge in [0.05, 0.1) is 11.9 Å². The molecule has 0 aromatic carbocycles. The van der Waals surface area contributed by atoms with E-state index in [1.807, 2.05) is 18.2 Å². The van der Waals surface area contributed by atoms with E-state index in [0.717, 1.165) is 16.9 Å². The van der Waals surface area contributed by atoms with E-state index in [-0.39, 0.29) is 0 Å². The molecule has 4 nitrogen and oxygen atoms in total. The van der Waals surface area contributed by atoms with Gasteiger partial charge in [-0.15, -0.1) is 0 Å². The Morgan fingerprint density at radius 1 is 1.00 bits per heavy atom. The standard InChI is InChI=1S/C11H7ClN4/c12-10-2-1-8(7-14-10)9-3-5-13-11-4-6-15-16(9)11/h1-7H. The summed E-state index contributed by atoms with van der Waals surface area (Å²) in [5.41, 5.74) is 2.71. The molecule has 78 valence electrons. The van der Waals surface area contributed by atoms with Crippen molar-refractivity contribution < 1.29 is 0 Å². The smallest absolute Gasteiger partial charge is 0.155 e. The molecule has 16 heavy (non-hydrogen) atoms. The van der Waals surface area contributed by atoms with Gasteiger partial charge in [0.1, 0.15) is 5.15 Å². The van der Waals surface area contributed by atoms with Gasteiger partial charge in [-0.2, -0.15) is 5.10 Å². The first-order chi connectivity index (χ1) is 7.84. The van der Waals surface area contributed by atoms with Crippen LogP contribution in [0.1, 0.15) is 0 Å². The molecule has 3 aromatic rings. The highest BCUT2D eigenvalue weighted by Gasteiger charge is 2.04. The van der Waals surface area contributed by atoms with Crippen LogP contribution >= 0.6 is 11.6 Å². The first-order valence-electron chi connectivity index (χ1n) is 4.75. The van der Waals surface area contributed by atoms with Gasteiger partial charge in [-0.25, -0.2) is 14.5 Å². The van der Waals surface area contributed by atoms with Crippen molar-refractivity contribution >= 4 is 17.2 Å². The number of aromatic nitrogens is 4. The summed E-state index contributed by atoms with van der Waals surface area (Å²) in [6, 6.07) is 7.41. The Kier molecular flexibility index (Phi) is 2.08. The molecule has 0 fully saturated rings. The minimum absolute atomic E-state index is 0.481. The number of fused-ring (bicyclic) bond motifs is 1. The third-order valence-corrected chi connectivity index (χ3v) is 2.54. The van der Waals surface area contributed by atoms with E-state index in [1.165, 1.54) is 0 Å². The Labute approximate surface area is 96.5 Å². The first kappa shape index (κ1) is 9.30. The van der Waals surface area contributed by atoms with Crippen molar-refractivity contribution in [3.63, 3.8) is 0 Å². The fourth-order valence-corrected chi connectivity index (χ4v) is 1.69. The van der Waals surface area contributed by atoms with Crippen LogP contribution in [-0.2, 0) is 0 Å². The number of hydrogen-bond acceptors (Lipinski definition) is 3. The minimum atomic E-state index is 0.481. The zero-order valence-corrected chi connectivity index (χ0v) is 8.96. The van der Waals surface area contributed by atoms with Crippen LogP contribution in [0.25, 0.3) is 16.9 Å². The molecule has 0 unspecified atom stereocenters. The second kappa shape index (κ2) is 3.57. The van der Waals surface area contributed by atoms with E-state index in [0.29, 0.717) is 5.15 Å². The van der Waals surface area contributed by atoms with Gasteiger partial charge >= 0.3 is 0 Å². The van der Waals surface area contributed by atoms with Crippen molar-refractivity contribution in [2.45, 2.75) is 0 Å². The van der Waals surface area contributed by atoms with Gasteiger partial charge in [0.25, 0.3) is 0 Å². The fourth-order valence-electron chi connectivity index (χ4n) is 1.58. The number of hydrogen-bond donors (Lipinski definition) is 0. The molecule has 0 saturated heterocycles. The Balaban J connectivity index is 2.25. The Morgan fingerprint density at radius 2 is 1.94 bits per heavy atom. The van der Waals surface area contributed by atoms with Crippen LogP contribution in [0.3, 0.4) is 0 Å². The number of halogens is 1. The normalized spacial score (nSPS) is 10.8. The molecule has 3 rings (SSSR count). The third kappa shape index (κ3) is 1.44. The summed E-state index contributed by atoms with van der Waals surface area (Å²) in [5, 5.41) is 4.69. The lowest BCUT2D eigenvalue weighted by atomic mass is 10.2. The molecule has 0 aliphatic heterocycles. The summed E-state index contributed by atoms with van der Waals surface area (Å²) >= 11 is 5.75. The average Bonchev–Trinajstić information content (AvgIpc) is 2.78. The number of pyridine rings is 1. The van der Waals surface area contributed by atoms with E-state index in [1.54, 1.807) is 29.2 Å². The fraction of sp³-hybridized carbons (Fsp3) is 0. The summed E-state index contributed by atoms with van der Waals surface area (Å²) in [7, 11) is 0. The van der Waals surface area contributed by atoms with Crippen LogP contribution in [-0.4, -0.2) is 19.6 Å². The molecule has 0 N–H and O–H groups in total. The van der Waals surface area contributed by atoms with Crippen LogP contribution in [0.5, 0.6) is 0 Å². The highest BCUT2D eigenvalue weighted by atomic mass is 35.5. The van der Waals surface area contributed by atoms with Crippen molar-refractivity contribution in [2.75, 3.05) is 0 Å². The van der Waals surface area contributed by atoms with E-state index in [4.69, 9.17) is 11.6 Å². The van der Waals surface area contributed by atoms with Gasteiger partial charge < -0.3 is 0 Å². The molecule has 0 atom stereocenters. The molecular weight excluding hydrogens is 224 g/mol. The lowest BCUT2D eigenvalue weighted by molar-refractivity contribution is 0.947. The molecule has 5 heteroatoms. The molecular formula is C11H7ClN4. The van der Waals surface area contributed by atoms with Crippen molar-refractivity contribution in [1.29, 1.82) is 0 Å². The maximum atomic E-state index is 5.75. The summed E-state index contributed by atoms with van der Waals surface area (Å²) in [6.45, 7) is 0. The van der Waals surface area contributed by atoms with E-state index < -0.39 is 0 Å². The van der Waals surface area contributed by atoms with Crippen molar-refractivity contribution in [3.8, 4) is 11.3 Å². The molecule has 0 spiro atoms. The van der Waals surface area contributed by atoms with Gasteiger partial charge in [0.2, 0.25) is 0 Å². The number of rotatable bonds is 1. The van der Waals surface area contributed by atoms with Crippen LogP contribution in [0.4, 0.5) is 0 Å². The molecule has 0 radical (unpaired) electrons. The zero-order valence-electron chi connectivity index (χ0n) is 8.21. The van der Waals surface area contributed by atoms with E-state index in [9.17, 15) is 0 Å². The van der Waals surface area contributed by atoms with Gasteiger partial charge in [-0.05, 0) is 18.2 Å². The third-order valence-electron chi connectivity index (χ3n) is 2.31. The highest BCUT2D eigenvalue weighted by Crippen LogP contribution is 2.19. The zero-order chi connectivity index (χ0) is 11.0. The summed E-state index contributed by atoms with van der Waals surface area (Å²) in [5.74, 6) is 0. The second-order valence-electron chi connectivity index (χ2n) is 3.30. The summed E-state index contributed by atoms with van der Waals surface area (Å²) in [6.07, 6.45) is 5.19. The SMILES string of the molecule is Clc1ccc(-c2ccnc3ccnn23)cn1. The highest BCUT2D eigenvalue weighted by molar-refractivity contribution is 6.29. The lowest BCUT2D eigenvalue weighted by Crippen LogP contribution is -1.95.